The second-order valence-electron chi connectivity index (χ2n) is 7.00. The molecule has 2 atom stereocenters. The van der Waals surface area contributed by atoms with Crippen LogP contribution < -0.4 is 9.49 Å². The van der Waals surface area contributed by atoms with Crippen LogP contribution in [0.25, 0.3) is 0 Å². The molecule has 1 heterocycles. The van der Waals surface area contributed by atoms with E-state index in [4.69, 9.17) is 0 Å². The largest absolute Gasteiger partial charge is 0.369 e. The Labute approximate surface area is 148 Å². The number of anilines is 1. The first kappa shape index (κ1) is 17.3. The van der Waals surface area contributed by atoms with Gasteiger partial charge >= 0.3 is 0 Å². The van der Waals surface area contributed by atoms with Crippen molar-refractivity contribution in [3.8, 4) is 0 Å². The smallest absolute Gasteiger partial charge is 0.177 e. The molecule has 25 heavy (non-hydrogen) atoms. The Kier molecular flexibility index (Phi) is 4.65. The molecular weight excluding hydrogens is 314 g/mol. The van der Waals surface area contributed by atoms with Crippen molar-refractivity contribution in [2.45, 2.75) is 19.2 Å². The summed E-state index contributed by atoms with van der Waals surface area (Å²) >= 11 is 0. The number of aliphatic hydroxyl groups is 1. The molecule has 2 aromatic rings. The lowest BCUT2D eigenvalue weighted by atomic mass is 10.2. The lowest BCUT2D eigenvalue weighted by Gasteiger charge is -2.24. The molecule has 2 aromatic carbocycles. The number of hydrogen-bond acceptors (Lipinski definition) is 5. The maximum Gasteiger partial charge on any atom is 0.177 e. The van der Waals surface area contributed by atoms with Crippen molar-refractivity contribution < 1.29 is 5.11 Å². The molecule has 1 N–H and O–H groups in total. The molecule has 130 valence electrons. The number of aliphatic hydroxyl groups excluding tert-OH is 1. The van der Waals surface area contributed by atoms with Crippen LogP contribution in [0.3, 0.4) is 0 Å². The van der Waals surface area contributed by atoms with Crippen LogP contribution in [0.2, 0.25) is 0 Å². The van der Waals surface area contributed by atoms with Crippen molar-refractivity contribution in [2.24, 2.45) is 15.3 Å². The summed E-state index contributed by atoms with van der Waals surface area (Å²) in [5, 5.41) is 25.5. The van der Waals surface area contributed by atoms with Crippen LogP contribution in [0.15, 0.2) is 69.9 Å². The summed E-state index contributed by atoms with van der Waals surface area (Å²) in [6, 6.07) is 17.0. The van der Waals surface area contributed by atoms with Gasteiger partial charge in [0.15, 0.2) is 18.0 Å². The van der Waals surface area contributed by atoms with Crippen molar-refractivity contribution >= 4 is 22.8 Å². The molecule has 0 saturated heterocycles. The third-order valence-corrected chi connectivity index (χ3v) is 4.14. The van der Waals surface area contributed by atoms with Gasteiger partial charge in [0, 0.05) is 6.07 Å². The Bertz CT molecular complexity index is 795. The molecule has 2 unspecified atom stereocenters. The highest BCUT2D eigenvalue weighted by atomic mass is 16.3. The van der Waals surface area contributed by atoms with E-state index in [9.17, 15) is 5.11 Å². The predicted molar refractivity (Wildman–Crippen MR) is 102 cm³/mol. The molecule has 0 amide bonds. The summed E-state index contributed by atoms with van der Waals surface area (Å²) in [7, 11) is 6.26. The fourth-order valence-corrected chi connectivity index (χ4v) is 2.81. The summed E-state index contributed by atoms with van der Waals surface area (Å²) in [5.74, 6) is 0. The number of quaternary nitrogens is 1. The highest BCUT2D eigenvalue weighted by Gasteiger charge is 2.35. The monoisotopic (exact) mass is 338 g/mol. The normalized spacial score (nSPS) is 21.0. The van der Waals surface area contributed by atoms with Gasteiger partial charge in [-0.2, -0.15) is 10.2 Å². The van der Waals surface area contributed by atoms with E-state index in [0.29, 0.717) is 4.48 Å². The highest BCUT2D eigenvalue weighted by molar-refractivity contribution is 5.91. The van der Waals surface area contributed by atoms with Crippen LogP contribution in [0, 0.1) is 0 Å². The lowest BCUT2D eigenvalue weighted by Crippen LogP contribution is -2.35. The molecule has 3 rings (SSSR count). The molecule has 1 aliphatic heterocycles. The van der Waals surface area contributed by atoms with Gasteiger partial charge in [0.1, 0.15) is 5.69 Å². The van der Waals surface area contributed by atoms with E-state index in [1.54, 1.807) is 5.01 Å². The zero-order valence-corrected chi connectivity index (χ0v) is 15.0. The van der Waals surface area contributed by atoms with Crippen LogP contribution in [0.1, 0.15) is 6.92 Å². The number of azo groups is 1. The van der Waals surface area contributed by atoms with Gasteiger partial charge in [0.2, 0.25) is 0 Å². The molecule has 0 fully saturated rings. The summed E-state index contributed by atoms with van der Waals surface area (Å²) in [5.41, 5.74) is 3.43. The fourth-order valence-electron chi connectivity index (χ4n) is 2.81. The zero-order chi connectivity index (χ0) is 18.0. The Morgan fingerprint density at radius 3 is 2.32 bits per heavy atom. The van der Waals surface area contributed by atoms with Crippen LogP contribution >= 0.6 is 0 Å². The lowest BCUT2D eigenvalue weighted by molar-refractivity contribution is 0.170. The third kappa shape index (κ3) is 3.60. The standard InChI is InChI=1S/C19H24N5O/c1-14-18(19(25)23(22-14)15-10-6-5-7-11-15)21-20-16-12-8-9-13-17(16)24(2,3)4/h5-13,18-19,25H,1-4H3/q+1. The van der Waals surface area contributed by atoms with E-state index in [-0.39, 0.29) is 0 Å². The Morgan fingerprint density at radius 2 is 1.64 bits per heavy atom. The van der Waals surface area contributed by atoms with E-state index in [1.807, 2.05) is 61.5 Å². The third-order valence-electron chi connectivity index (χ3n) is 4.14. The van der Waals surface area contributed by atoms with Gasteiger partial charge in [-0.15, -0.1) is 5.11 Å². The zero-order valence-electron chi connectivity index (χ0n) is 15.0. The Hall–Kier alpha value is -2.57. The van der Waals surface area contributed by atoms with E-state index in [2.05, 4.69) is 36.5 Å². The van der Waals surface area contributed by atoms with Crippen LogP contribution in [-0.2, 0) is 0 Å². The molecular formula is C19H24N5O+. The van der Waals surface area contributed by atoms with Crippen molar-refractivity contribution in [1.29, 1.82) is 0 Å². The van der Waals surface area contributed by atoms with Gasteiger partial charge in [-0.1, -0.05) is 30.3 Å². The van der Waals surface area contributed by atoms with Crippen molar-refractivity contribution in [1.82, 2.24) is 4.48 Å². The molecule has 0 aliphatic carbocycles. The SMILES string of the molecule is CC1=NN(c2ccccc2)C(O)C1N=Nc1ccccc1[N+](C)(C)C. The first-order chi connectivity index (χ1) is 11.9. The fraction of sp³-hybridized carbons (Fsp3) is 0.316. The number of benzene rings is 2. The van der Waals surface area contributed by atoms with Crippen molar-refractivity contribution in [3.05, 3.63) is 54.6 Å². The number of hydrazone groups is 1. The van der Waals surface area contributed by atoms with E-state index < -0.39 is 12.3 Å². The Balaban J connectivity index is 1.85. The number of rotatable bonds is 4. The average Bonchev–Trinajstić information content (AvgIpc) is 2.87. The predicted octanol–water partition coefficient (Wildman–Crippen LogP) is 3.55. The van der Waals surface area contributed by atoms with Crippen molar-refractivity contribution in [2.75, 3.05) is 26.2 Å². The minimum Gasteiger partial charge on any atom is -0.369 e. The molecule has 0 spiro atoms. The molecule has 1 aliphatic rings. The summed E-state index contributed by atoms with van der Waals surface area (Å²) < 4.78 is 0.644. The average molecular weight is 338 g/mol. The molecule has 0 bridgehead atoms. The van der Waals surface area contributed by atoms with Gasteiger partial charge in [-0.05, 0) is 25.1 Å². The number of hydrogen-bond donors (Lipinski definition) is 1. The minimum absolute atomic E-state index is 0.485. The quantitative estimate of drug-likeness (QED) is 0.684. The summed E-state index contributed by atoms with van der Waals surface area (Å²) in [6.45, 7) is 1.86. The molecule has 0 radical (unpaired) electrons. The van der Waals surface area contributed by atoms with Crippen LogP contribution in [-0.4, -0.2) is 44.2 Å². The van der Waals surface area contributed by atoms with Gasteiger partial charge < -0.3 is 5.11 Å². The highest BCUT2D eigenvalue weighted by Crippen LogP contribution is 2.32. The maximum absolute atomic E-state index is 10.6. The molecule has 6 heteroatoms. The molecule has 6 nitrogen and oxygen atoms in total. The van der Waals surface area contributed by atoms with E-state index >= 15 is 0 Å². The molecule has 0 saturated carbocycles. The van der Waals surface area contributed by atoms with Gasteiger partial charge in [0.05, 0.1) is 32.5 Å². The topological polar surface area (TPSA) is 60.5 Å². The van der Waals surface area contributed by atoms with Gasteiger partial charge in [-0.3, -0.25) is 4.48 Å². The minimum atomic E-state index is -0.859. The van der Waals surface area contributed by atoms with Crippen molar-refractivity contribution in [3.63, 3.8) is 0 Å². The first-order valence-electron chi connectivity index (χ1n) is 8.27. The second kappa shape index (κ2) is 6.74. The first-order valence-corrected chi connectivity index (χ1v) is 8.27. The van der Waals surface area contributed by atoms with E-state index in [0.717, 1.165) is 22.8 Å². The van der Waals surface area contributed by atoms with E-state index in [1.165, 1.54) is 0 Å². The number of para-hydroxylation sites is 2. The number of nitrogens with zero attached hydrogens (tertiary/aromatic N) is 5. The van der Waals surface area contributed by atoms with Gasteiger partial charge in [0.25, 0.3) is 0 Å². The second-order valence-corrected chi connectivity index (χ2v) is 7.00. The molecule has 0 aromatic heterocycles. The summed E-state index contributed by atoms with van der Waals surface area (Å²) in [6.07, 6.45) is -0.859. The van der Waals surface area contributed by atoms with Crippen LogP contribution in [0.4, 0.5) is 17.1 Å². The Morgan fingerprint density at radius 1 is 1.00 bits per heavy atom. The van der Waals surface area contributed by atoms with Crippen LogP contribution in [0.5, 0.6) is 0 Å². The van der Waals surface area contributed by atoms with Gasteiger partial charge in [-0.25, -0.2) is 5.01 Å². The summed E-state index contributed by atoms with van der Waals surface area (Å²) in [4.78, 5) is 0. The maximum atomic E-state index is 10.6.